The number of carbonyl (C=O) groups excluding carboxylic acids is 4. The highest BCUT2D eigenvalue weighted by atomic mass is 31.2. The number of unbranched alkanes of at least 4 members (excludes halogenated alkanes) is 26. The number of carbonyl (C=O) groups is 4. The number of esters is 4. The Morgan fingerprint density at radius 2 is 0.553 bits per heavy atom. The lowest BCUT2D eigenvalue weighted by atomic mass is 10.1. The van der Waals surface area contributed by atoms with Crippen LogP contribution >= 0.6 is 15.6 Å². The van der Waals surface area contributed by atoms with E-state index >= 15 is 0 Å². The summed E-state index contributed by atoms with van der Waals surface area (Å²) in [6.45, 7) is 4.56. The van der Waals surface area contributed by atoms with Gasteiger partial charge in [-0.3, -0.25) is 37.3 Å². The molecule has 0 saturated carbocycles. The van der Waals surface area contributed by atoms with Gasteiger partial charge in [-0.15, -0.1) is 0 Å². The zero-order chi connectivity index (χ0) is 69.0. The first-order chi connectivity index (χ1) is 45.7. The number of aliphatic hydroxyl groups is 1. The van der Waals surface area contributed by atoms with Gasteiger partial charge in [0, 0.05) is 25.7 Å². The molecular weight excluding hydrogens is 1230 g/mol. The molecule has 0 saturated heterocycles. The summed E-state index contributed by atoms with van der Waals surface area (Å²) in [4.78, 5) is 72.6. The van der Waals surface area contributed by atoms with Crippen molar-refractivity contribution in [2.24, 2.45) is 0 Å². The second-order valence-corrected chi connectivity index (χ2v) is 27.0. The number of hydrogen-bond donors (Lipinski definition) is 3. The first kappa shape index (κ1) is 90.0. The fourth-order valence-corrected chi connectivity index (χ4v) is 11.1. The Labute approximate surface area is 569 Å². The smallest absolute Gasteiger partial charge is 0.462 e. The molecule has 0 aliphatic rings. The van der Waals surface area contributed by atoms with E-state index in [0.29, 0.717) is 32.1 Å². The van der Waals surface area contributed by atoms with E-state index in [1.54, 1.807) is 0 Å². The van der Waals surface area contributed by atoms with Gasteiger partial charge in [-0.05, 0) is 103 Å². The van der Waals surface area contributed by atoms with Crippen molar-refractivity contribution in [3.63, 3.8) is 0 Å². The van der Waals surface area contributed by atoms with E-state index in [1.807, 2.05) is 0 Å². The molecule has 0 radical (unpaired) electrons. The number of phosphoric acid groups is 2. The first-order valence-corrected chi connectivity index (χ1v) is 39.5. The molecule has 0 amide bonds. The molecule has 0 aromatic rings. The van der Waals surface area contributed by atoms with Crippen LogP contribution in [0.1, 0.15) is 297 Å². The molecule has 542 valence electrons. The summed E-state index contributed by atoms with van der Waals surface area (Å²) in [5.41, 5.74) is 0. The zero-order valence-electron chi connectivity index (χ0n) is 58.9. The van der Waals surface area contributed by atoms with Crippen molar-refractivity contribution < 1.29 is 80.2 Å². The molecular formula is C75H130O17P2. The monoisotopic (exact) mass is 1360 g/mol. The van der Waals surface area contributed by atoms with Gasteiger partial charge in [0.05, 0.1) is 26.4 Å². The third-order valence-corrected chi connectivity index (χ3v) is 17.0. The highest BCUT2D eigenvalue weighted by molar-refractivity contribution is 7.47. The average Bonchev–Trinajstić information content (AvgIpc) is 1.29. The van der Waals surface area contributed by atoms with Gasteiger partial charge in [0.25, 0.3) is 0 Å². The van der Waals surface area contributed by atoms with Crippen molar-refractivity contribution in [2.45, 2.75) is 316 Å². The summed E-state index contributed by atoms with van der Waals surface area (Å²) < 4.78 is 68.2. The summed E-state index contributed by atoms with van der Waals surface area (Å²) in [5.74, 6) is -2.24. The molecule has 0 aliphatic heterocycles. The second-order valence-electron chi connectivity index (χ2n) is 24.1. The summed E-state index contributed by atoms with van der Waals surface area (Å²) >= 11 is 0. The number of ether oxygens (including phenoxy) is 4. The Balaban J connectivity index is 5.37. The SMILES string of the molecule is CC/C=C\C/C=C\C/C=C\C/C=C\CCCCCCC(=O)OCC(COP(=O)(O)OCC(O)COP(=O)(O)OCC(COC(=O)CCCCCCCCCCCCC)OC(=O)CCCCCCCCCCCCC)OC(=O)CCCC/C=C\C/C=C\C/C=C\C/C=C\CC. The van der Waals surface area contributed by atoms with Gasteiger partial charge >= 0.3 is 39.5 Å². The Hall–Kier alpha value is -4.02. The van der Waals surface area contributed by atoms with Crippen molar-refractivity contribution in [1.82, 2.24) is 0 Å². The Bertz CT molecular complexity index is 2170. The van der Waals surface area contributed by atoms with E-state index in [0.717, 1.165) is 128 Å². The van der Waals surface area contributed by atoms with Crippen molar-refractivity contribution in [2.75, 3.05) is 39.6 Å². The number of phosphoric ester groups is 2. The average molecular weight is 1370 g/mol. The molecule has 0 aliphatic carbocycles. The Kier molecular flexibility index (Phi) is 64.7. The van der Waals surface area contributed by atoms with E-state index in [9.17, 15) is 43.2 Å². The second kappa shape index (κ2) is 67.5. The molecule has 17 nitrogen and oxygen atoms in total. The lowest BCUT2D eigenvalue weighted by Gasteiger charge is -2.21. The molecule has 0 spiro atoms. The number of allylic oxidation sites excluding steroid dienone is 16. The van der Waals surface area contributed by atoms with Crippen LogP contribution in [-0.4, -0.2) is 96.7 Å². The normalized spacial score (nSPS) is 14.6. The number of aliphatic hydroxyl groups excluding tert-OH is 1. The standard InChI is InChI=1S/C75H130O17P2/c1-5-9-13-17-21-25-29-31-33-34-36-37-41-44-48-52-56-60-73(78)86-66-71(92-75(80)62-58-54-50-46-42-38-35-32-30-26-22-18-14-10-6-2)68-90-94(83,84)88-64-69(76)63-87-93(81,82)89-67-70(91-74(79)61-57-53-49-45-40-28-24-20-16-12-8-4)65-85-72(77)59-55-51-47-43-39-27-23-19-15-11-7-3/h9-10,13-14,21-22,25-26,31-33,35-37,42,46,69-71,76H,5-8,11-12,15-20,23-24,27-30,34,38-41,43-45,47-68H2,1-4H3,(H,81,82)(H,83,84)/b13-9-,14-10-,25-21-,26-22-,33-31-,35-32-,37-36-,46-42-. The van der Waals surface area contributed by atoms with E-state index in [4.69, 9.17) is 37.0 Å². The van der Waals surface area contributed by atoms with Gasteiger partial charge in [-0.2, -0.15) is 0 Å². The van der Waals surface area contributed by atoms with Crippen LogP contribution in [0.15, 0.2) is 97.2 Å². The summed E-state index contributed by atoms with van der Waals surface area (Å²) in [6, 6.07) is 0. The molecule has 19 heteroatoms. The van der Waals surface area contributed by atoms with Crippen LogP contribution in [-0.2, 0) is 65.4 Å². The van der Waals surface area contributed by atoms with E-state index in [2.05, 4.69) is 125 Å². The minimum Gasteiger partial charge on any atom is -0.462 e. The van der Waals surface area contributed by atoms with E-state index in [1.165, 1.54) is 83.5 Å². The lowest BCUT2D eigenvalue weighted by Crippen LogP contribution is -2.30. The molecule has 0 aromatic heterocycles. The lowest BCUT2D eigenvalue weighted by molar-refractivity contribution is -0.161. The highest BCUT2D eigenvalue weighted by Gasteiger charge is 2.30. The minimum atomic E-state index is -4.98. The zero-order valence-corrected chi connectivity index (χ0v) is 60.7. The van der Waals surface area contributed by atoms with Crippen LogP contribution in [0.3, 0.4) is 0 Å². The molecule has 0 aromatic carbocycles. The fraction of sp³-hybridized carbons (Fsp3) is 0.733. The molecule has 3 N–H and O–H groups in total. The van der Waals surface area contributed by atoms with Crippen LogP contribution in [0.5, 0.6) is 0 Å². The maximum absolute atomic E-state index is 13.0. The van der Waals surface area contributed by atoms with Gasteiger partial charge in [0.1, 0.15) is 19.3 Å². The quantitative estimate of drug-likeness (QED) is 0.0169. The molecule has 0 heterocycles. The van der Waals surface area contributed by atoms with Gasteiger partial charge in [-0.25, -0.2) is 9.13 Å². The first-order valence-electron chi connectivity index (χ1n) is 36.5. The van der Waals surface area contributed by atoms with Gasteiger partial charge in [0.2, 0.25) is 0 Å². The van der Waals surface area contributed by atoms with Crippen LogP contribution in [0.2, 0.25) is 0 Å². The molecule has 5 atom stereocenters. The van der Waals surface area contributed by atoms with E-state index in [-0.39, 0.29) is 25.7 Å². The molecule has 0 rings (SSSR count). The predicted octanol–water partition coefficient (Wildman–Crippen LogP) is 20.4. The fourth-order valence-electron chi connectivity index (χ4n) is 9.55. The Morgan fingerprint density at radius 1 is 0.309 bits per heavy atom. The molecule has 94 heavy (non-hydrogen) atoms. The summed E-state index contributed by atoms with van der Waals surface area (Å²) in [7, 11) is -9.95. The van der Waals surface area contributed by atoms with Gasteiger partial charge in [-0.1, -0.05) is 266 Å². The van der Waals surface area contributed by atoms with Crippen molar-refractivity contribution in [3.8, 4) is 0 Å². The topological polar surface area (TPSA) is 237 Å². The van der Waals surface area contributed by atoms with Crippen LogP contribution in [0, 0.1) is 0 Å². The van der Waals surface area contributed by atoms with Crippen LogP contribution in [0.25, 0.3) is 0 Å². The molecule has 0 bridgehead atoms. The van der Waals surface area contributed by atoms with Gasteiger partial charge < -0.3 is 33.8 Å². The van der Waals surface area contributed by atoms with Gasteiger partial charge in [0.15, 0.2) is 12.2 Å². The number of rotatable bonds is 68. The van der Waals surface area contributed by atoms with Crippen molar-refractivity contribution in [3.05, 3.63) is 97.2 Å². The van der Waals surface area contributed by atoms with Crippen LogP contribution < -0.4 is 0 Å². The third kappa shape index (κ3) is 66.6. The largest absolute Gasteiger partial charge is 0.472 e. The maximum Gasteiger partial charge on any atom is 0.472 e. The highest BCUT2D eigenvalue weighted by Crippen LogP contribution is 2.45. The van der Waals surface area contributed by atoms with E-state index < -0.39 is 97.5 Å². The van der Waals surface area contributed by atoms with Crippen LogP contribution in [0.4, 0.5) is 0 Å². The summed E-state index contributed by atoms with van der Waals surface area (Å²) in [5, 5.41) is 10.6. The molecule has 5 unspecified atom stereocenters. The predicted molar refractivity (Wildman–Crippen MR) is 381 cm³/mol. The Morgan fingerprint density at radius 3 is 0.872 bits per heavy atom. The van der Waals surface area contributed by atoms with Crippen molar-refractivity contribution in [1.29, 1.82) is 0 Å². The number of hydrogen-bond acceptors (Lipinski definition) is 15. The maximum atomic E-state index is 13.0. The molecule has 0 fully saturated rings. The summed E-state index contributed by atoms with van der Waals surface area (Å²) in [6.07, 6.45) is 68.5. The third-order valence-electron chi connectivity index (χ3n) is 15.1. The minimum absolute atomic E-state index is 0.0367. The van der Waals surface area contributed by atoms with Crippen molar-refractivity contribution >= 4 is 39.5 Å².